The number of phenolic OH excluding ortho intramolecular Hbond substituents is 1. The van der Waals surface area contributed by atoms with E-state index in [4.69, 9.17) is 34.8 Å². The highest BCUT2D eigenvalue weighted by molar-refractivity contribution is 6.51. The van der Waals surface area contributed by atoms with Gasteiger partial charge in [-0.05, 0) is 19.1 Å². The first kappa shape index (κ1) is 10.8. The van der Waals surface area contributed by atoms with E-state index in [0.29, 0.717) is 15.9 Å². The molecule has 5 heteroatoms. The molecule has 0 atom stereocenters. The number of phenols is 1. The van der Waals surface area contributed by atoms with Crippen molar-refractivity contribution in [2.45, 2.75) is 6.92 Å². The van der Waals surface area contributed by atoms with Crippen LogP contribution in [0.25, 0.3) is 10.9 Å². The van der Waals surface area contributed by atoms with E-state index in [9.17, 15) is 5.11 Å². The maximum absolute atomic E-state index is 9.75. The van der Waals surface area contributed by atoms with E-state index in [0.717, 1.165) is 5.69 Å². The van der Waals surface area contributed by atoms with Crippen molar-refractivity contribution in [2.75, 3.05) is 0 Å². The first-order valence-corrected chi connectivity index (χ1v) is 5.28. The molecule has 78 valence electrons. The molecule has 1 aromatic carbocycles. The highest BCUT2D eigenvalue weighted by Gasteiger charge is 2.16. The van der Waals surface area contributed by atoms with Gasteiger partial charge in [0.1, 0.15) is 10.5 Å². The molecule has 2 rings (SSSR count). The van der Waals surface area contributed by atoms with Gasteiger partial charge in [-0.3, -0.25) is 0 Å². The van der Waals surface area contributed by atoms with Crippen LogP contribution in [0, 0.1) is 6.92 Å². The Morgan fingerprint density at radius 2 is 1.73 bits per heavy atom. The number of aryl methyl sites for hydroxylation is 1. The number of aromatic nitrogens is 1. The molecule has 1 aromatic heterocycles. The number of hydrogen-bond acceptors (Lipinski definition) is 2. The Balaban J connectivity index is 3.00. The van der Waals surface area contributed by atoms with Gasteiger partial charge in [0.05, 0.1) is 10.0 Å². The monoisotopic (exact) mass is 261 g/mol. The van der Waals surface area contributed by atoms with Gasteiger partial charge in [-0.2, -0.15) is 0 Å². The Bertz CT molecular complexity index is 554. The van der Waals surface area contributed by atoms with Crippen molar-refractivity contribution in [1.29, 1.82) is 0 Å². The summed E-state index contributed by atoms with van der Waals surface area (Å²) >= 11 is 17.6. The Kier molecular flexibility index (Phi) is 2.67. The zero-order chi connectivity index (χ0) is 11.2. The molecule has 0 bridgehead atoms. The summed E-state index contributed by atoms with van der Waals surface area (Å²) in [4.78, 5) is 4.16. The van der Waals surface area contributed by atoms with E-state index in [-0.39, 0.29) is 15.8 Å². The van der Waals surface area contributed by atoms with Gasteiger partial charge in [-0.15, -0.1) is 0 Å². The Labute approximate surface area is 101 Å². The lowest BCUT2D eigenvalue weighted by Gasteiger charge is -2.07. The molecule has 2 aromatic rings. The van der Waals surface area contributed by atoms with Crippen LogP contribution in [0.1, 0.15) is 5.69 Å². The Morgan fingerprint density at radius 3 is 2.40 bits per heavy atom. The molecule has 0 fully saturated rings. The molecular formula is C10H6Cl3NO. The maximum Gasteiger partial charge on any atom is 0.162 e. The van der Waals surface area contributed by atoms with Crippen molar-refractivity contribution in [3.05, 3.63) is 32.9 Å². The van der Waals surface area contributed by atoms with Crippen LogP contribution in [0.3, 0.4) is 0 Å². The van der Waals surface area contributed by atoms with E-state index in [2.05, 4.69) is 4.98 Å². The molecule has 0 aliphatic rings. The molecule has 0 amide bonds. The topological polar surface area (TPSA) is 33.1 Å². The standard InChI is InChI=1S/C10H6Cl3NO/c1-4-2-3-5-6(11)7(12)8(13)10(15)9(5)14-4/h2-3,15H,1H3. The van der Waals surface area contributed by atoms with E-state index in [1.807, 2.05) is 6.92 Å². The fourth-order valence-corrected chi connectivity index (χ4v) is 2.01. The predicted molar refractivity (Wildman–Crippen MR) is 63.2 cm³/mol. The number of aromatic hydroxyl groups is 1. The zero-order valence-electron chi connectivity index (χ0n) is 7.68. The lowest BCUT2D eigenvalue weighted by molar-refractivity contribution is 0.480. The van der Waals surface area contributed by atoms with Crippen LogP contribution in [0.2, 0.25) is 15.1 Å². The summed E-state index contributed by atoms with van der Waals surface area (Å²) < 4.78 is 0. The zero-order valence-corrected chi connectivity index (χ0v) is 9.95. The van der Waals surface area contributed by atoms with Crippen molar-refractivity contribution in [3.63, 3.8) is 0 Å². The average Bonchev–Trinajstić information content (AvgIpc) is 2.23. The minimum atomic E-state index is -0.134. The minimum Gasteiger partial charge on any atom is -0.504 e. The summed E-state index contributed by atoms with van der Waals surface area (Å²) in [6, 6.07) is 3.54. The summed E-state index contributed by atoms with van der Waals surface area (Å²) in [5.74, 6) is -0.134. The number of nitrogens with zero attached hydrogens (tertiary/aromatic N) is 1. The molecule has 2 nitrogen and oxygen atoms in total. The highest BCUT2D eigenvalue weighted by atomic mass is 35.5. The van der Waals surface area contributed by atoms with Gasteiger partial charge in [0.2, 0.25) is 0 Å². The molecule has 0 aliphatic carbocycles. The van der Waals surface area contributed by atoms with Gasteiger partial charge in [-0.25, -0.2) is 4.98 Å². The van der Waals surface area contributed by atoms with Gasteiger partial charge >= 0.3 is 0 Å². The molecule has 1 N–H and O–H groups in total. The van der Waals surface area contributed by atoms with E-state index in [1.54, 1.807) is 12.1 Å². The van der Waals surface area contributed by atoms with Gasteiger partial charge < -0.3 is 5.11 Å². The first-order chi connectivity index (χ1) is 7.02. The summed E-state index contributed by atoms with van der Waals surface area (Å²) in [5.41, 5.74) is 1.14. The number of pyridine rings is 1. The van der Waals surface area contributed by atoms with Crippen molar-refractivity contribution in [1.82, 2.24) is 4.98 Å². The summed E-state index contributed by atoms with van der Waals surface area (Å²) in [5, 5.41) is 10.8. The average molecular weight is 263 g/mol. The first-order valence-electron chi connectivity index (χ1n) is 4.15. The van der Waals surface area contributed by atoms with Gasteiger partial charge in [-0.1, -0.05) is 34.8 Å². The molecule has 0 saturated heterocycles. The molecule has 15 heavy (non-hydrogen) atoms. The summed E-state index contributed by atoms with van der Waals surface area (Å²) in [6.07, 6.45) is 0. The molecule has 0 unspecified atom stereocenters. The fourth-order valence-electron chi connectivity index (χ4n) is 1.34. The van der Waals surface area contributed by atoms with Crippen LogP contribution in [0.5, 0.6) is 5.75 Å². The van der Waals surface area contributed by atoms with E-state index in [1.165, 1.54) is 0 Å². The third-order valence-corrected chi connectivity index (χ3v) is 3.42. The van der Waals surface area contributed by atoms with E-state index < -0.39 is 0 Å². The van der Waals surface area contributed by atoms with Gasteiger partial charge in [0.15, 0.2) is 5.75 Å². The molecule has 0 saturated carbocycles. The second kappa shape index (κ2) is 3.71. The highest BCUT2D eigenvalue weighted by Crippen LogP contribution is 2.43. The third kappa shape index (κ3) is 1.63. The Morgan fingerprint density at radius 1 is 1.07 bits per heavy atom. The number of halogens is 3. The van der Waals surface area contributed by atoms with Crippen LogP contribution in [-0.2, 0) is 0 Å². The van der Waals surface area contributed by atoms with Crippen LogP contribution >= 0.6 is 34.8 Å². The van der Waals surface area contributed by atoms with Crippen molar-refractivity contribution >= 4 is 45.7 Å². The smallest absolute Gasteiger partial charge is 0.162 e. The quantitative estimate of drug-likeness (QED) is 0.722. The number of fused-ring (bicyclic) bond motifs is 1. The fraction of sp³-hybridized carbons (Fsp3) is 0.100. The van der Waals surface area contributed by atoms with Gasteiger partial charge in [0, 0.05) is 11.1 Å². The van der Waals surface area contributed by atoms with Crippen molar-refractivity contribution in [3.8, 4) is 5.75 Å². The molecule has 0 aliphatic heterocycles. The predicted octanol–water partition coefficient (Wildman–Crippen LogP) is 4.21. The van der Waals surface area contributed by atoms with Gasteiger partial charge in [0.25, 0.3) is 0 Å². The second-order valence-corrected chi connectivity index (χ2v) is 4.27. The minimum absolute atomic E-state index is 0.0345. The normalized spacial score (nSPS) is 10.9. The number of benzene rings is 1. The van der Waals surface area contributed by atoms with E-state index >= 15 is 0 Å². The maximum atomic E-state index is 9.75. The van der Waals surface area contributed by atoms with Crippen molar-refractivity contribution in [2.24, 2.45) is 0 Å². The van der Waals surface area contributed by atoms with Crippen molar-refractivity contribution < 1.29 is 5.11 Å². The summed E-state index contributed by atoms with van der Waals surface area (Å²) in [6.45, 7) is 1.81. The SMILES string of the molecule is Cc1ccc2c(Cl)c(Cl)c(Cl)c(O)c2n1. The lowest BCUT2D eigenvalue weighted by Crippen LogP contribution is -1.86. The van der Waals surface area contributed by atoms with Crippen LogP contribution < -0.4 is 0 Å². The van der Waals surface area contributed by atoms with Crippen LogP contribution in [-0.4, -0.2) is 10.1 Å². The van der Waals surface area contributed by atoms with Crippen LogP contribution in [0.15, 0.2) is 12.1 Å². The second-order valence-electron chi connectivity index (χ2n) is 3.14. The largest absolute Gasteiger partial charge is 0.504 e. The Hall–Kier alpha value is -0.700. The molecule has 0 spiro atoms. The third-order valence-electron chi connectivity index (χ3n) is 2.09. The molecule has 1 heterocycles. The lowest BCUT2D eigenvalue weighted by atomic mass is 10.2. The molecular weight excluding hydrogens is 256 g/mol. The van der Waals surface area contributed by atoms with Crippen LogP contribution in [0.4, 0.5) is 0 Å². The number of rotatable bonds is 0. The molecule has 0 radical (unpaired) electrons. The number of hydrogen-bond donors (Lipinski definition) is 1. The summed E-state index contributed by atoms with van der Waals surface area (Å²) in [7, 11) is 0.